The molecule has 4 N–H and O–H groups in total. The molecule has 0 saturated heterocycles. The molecule has 0 saturated carbocycles. The summed E-state index contributed by atoms with van der Waals surface area (Å²) in [6.45, 7) is 7.51. The number of pyridine rings is 1. The van der Waals surface area contributed by atoms with Gasteiger partial charge in [-0.25, -0.2) is 14.8 Å². The molecule has 4 rings (SSSR count). The molecule has 10 heteroatoms. The number of hydrogen-bond acceptors (Lipinski definition) is 6. The third-order valence-electron chi connectivity index (χ3n) is 5.29. The van der Waals surface area contributed by atoms with Gasteiger partial charge in [0.1, 0.15) is 16.9 Å². The number of aromatic nitrogens is 4. The number of carbonyl (C=O) groups excluding carboxylic acids is 2. The van der Waals surface area contributed by atoms with Crippen LogP contribution >= 0.6 is 0 Å². The summed E-state index contributed by atoms with van der Waals surface area (Å²) in [4.78, 5) is 33.8. The average molecular weight is 476 g/mol. The van der Waals surface area contributed by atoms with Gasteiger partial charge in [-0.3, -0.25) is 9.20 Å². The molecule has 0 radical (unpaired) electrons. The van der Waals surface area contributed by atoms with Gasteiger partial charge in [-0.1, -0.05) is 12.1 Å². The van der Waals surface area contributed by atoms with Crippen LogP contribution in [0.1, 0.15) is 55.5 Å². The fourth-order valence-electron chi connectivity index (χ4n) is 3.57. The van der Waals surface area contributed by atoms with Crippen LogP contribution in [0.5, 0.6) is 0 Å². The van der Waals surface area contributed by atoms with E-state index in [4.69, 9.17) is 10.5 Å². The van der Waals surface area contributed by atoms with Gasteiger partial charge in [-0.15, -0.1) is 0 Å². The number of amides is 2. The first-order chi connectivity index (χ1) is 16.6. The second-order valence-electron chi connectivity index (χ2n) is 9.15. The lowest BCUT2D eigenvalue weighted by Crippen LogP contribution is -2.34. The highest BCUT2D eigenvalue weighted by molar-refractivity contribution is 6.04. The van der Waals surface area contributed by atoms with E-state index in [1.54, 1.807) is 16.9 Å². The van der Waals surface area contributed by atoms with E-state index in [-0.39, 0.29) is 18.5 Å². The number of carbonyl (C=O) groups is 2. The molecule has 0 aliphatic carbocycles. The van der Waals surface area contributed by atoms with Crippen LogP contribution in [0.4, 0.5) is 10.5 Å². The van der Waals surface area contributed by atoms with E-state index in [1.807, 2.05) is 74.9 Å². The monoisotopic (exact) mass is 475 g/mol. The minimum atomic E-state index is -0.585. The second-order valence-corrected chi connectivity index (χ2v) is 9.15. The zero-order valence-electron chi connectivity index (χ0n) is 20.1. The van der Waals surface area contributed by atoms with Crippen LogP contribution < -0.4 is 16.4 Å². The van der Waals surface area contributed by atoms with Crippen molar-refractivity contribution in [3.8, 4) is 5.69 Å². The molecule has 1 aromatic carbocycles. The summed E-state index contributed by atoms with van der Waals surface area (Å²) in [7, 11) is 0. The first kappa shape index (κ1) is 24.0. The van der Waals surface area contributed by atoms with Crippen LogP contribution in [0.15, 0.2) is 61.3 Å². The number of fused-ring (bicyclic) bond motifs is 1. The molecule has 4 aromatic rings. The summed E-state index contributed by atoms with van der Waals surface area (Å²) in [5, 5.41) is 5.74. The molecule has 3 heterocycles. The lowest BCUT2D eigenvalue weighted by atomic mass is 10.1. The van der Waals surface area contributed by atoms with Crippen molar-refractivity contribution in [3.05, 3.63) is 78.3 Å². The smallest absolute Gasteiger partial charge is 0.408 e. The Balaban J connectivity index is 1.54. The molecule has 10 nitrogen and oxygen atoms in total. The molecule has 0 aliphatic rings. The van der Waals surface area contributed by atoms with Crippen molar-refractivity contribution in [1.29, 1.82) is 0 Å². The number of benzene rings is 1. The number of nitrogens with zero attached hydrogens (tertiary/aromatic N) is 4. The lowest BCUT2D eigenvalue weighted by molar-refractivity contribution is 0.0507. The Morgan fingerprint density at radius 1 is 1.17 bits per heavy atom. The molecule has 0 fully saturated rings. The summed E-state index contributed by atoms with van der Waals surface area (Å²) in [6, 6.07) is 10.8. The lowest BCUT2D eigenvalue weighted by Gasteiger charge is -2.21. The van der Waals surface area contributed by atoms with Crippen molar-refractivity contribution >= 4 is 23.3 Å². The summed E-state index contributed by atoms with van der Waals surface area (Å²) in [6.07, 6.45) is 6.28. The minimum absolute atomic E-state index is 0.259. The summed E-state index contributed by atoms with van der Waals surface area (Å²) >= 11 is 0. The topological polar surface area (TPSA) is 129 Å². The zero-order chi connectivity index (χ0) is 25.2. The van der Waals surface area contributed by atoms with E-state index < -0.39 is 11.7 Å². The molecule has 0 bridgehead atoms. The van der Waals surface area contributed by atoms with E-state index >= 15 is 0 Å². The number of ether oxygens (including phenoxy) is 1. The minimum Gasteiger partial charge on any atom is -0.444 e. The van der Waals surface area contributed by atoms with Crippen LogP contribution in [0, 0.1) is 0 Å². The predicted octanol–water partition coefficient (Wildman–Crippen LogP) is 3.82. The maximum Gasteiger partial charge on any atom is 0.408 e. The summed E-state index contributed by atoms with van der Waals surface area (Å²) in [5.41, 5.74) is 9.26. The number of nitrogens with two attached hydrogens (primary N) is 1. The molecular weight excluding hydrogens is 446 g/mol. The number of rotatable bonds is 6. The van der Waals surface area contributed by atoms with Crippen molar-refractivity contribution in [2.75, 3.05) is 5.32 Å². The third-order valence-corrected chi connectivity index (χ3v) is 5.29. The molecular formula is C25H29N7O3. The van der Waals surface area contributed by atoms with Crippen LogP contribution in [-0.4, -0.2) is 36.5 Å². The Morgan fingerprint density at radius 2 is 1.97 bits per heavy atom. The Hall–Kier alpha value is -4.18. The molecule has 2 amide bonds. The standard InChI is InChI=1S/C25H29N7O3/c1-16(29-24(34)35-25(2,3)4)20-14-31(15-28-20)18-9-8-17(12-26)19(11-18)30-23(33)21-13-27-22-7-5-6-10-32(21)22/h5-11,13-16H,12,26H2,1-4H3,(H,29,34)(H,30,33)/t16-/m0/s1. The Bertz CT molecular complexity index is 1370. The first-order valence-corrected chi connectivity index (χ1v) is 11.2. The van der Waals surface area contributed by atoms with Gasteiger partial charge < -0.3 is 25.7 Å². The highest BCUT2D eigenvalue weighted by atomic mass is 16.6. The Labute approximate surface area is 203 Å². The second kappa shape index (κ2) is 9.59. The van der Waals surface area contributed by atoms with Gasteiger partial charge in [-0.05, 0) is 57.5 Å². The first-order valence-electron chi connectivity index (χ1n) is 11.2. The molecule has 35 heavy (non-hydrogen) atoms. The zero-order valence-corrected chi connectivity index (χ0v) is 20.1. The van der Waals surface area contributed by atoms with Crippen molar-refractivity contribution in [3.63, 3.8) is 0 Å². The van der Waals surface area contributed by atoms with Crippen molar-refractivity contribution < 1.29 is 14.3 Å². The SMILES string of the molecule is C[C@H](NC(=O)OC(C)(C)C)c1cn(-c2ccc(CN)c(NC(=O)c3cnc4ccccn34)c2)cn1. The van der Waals surface area contributed by atoms with E-state index in [0.717, 1.165) is 11.3 Å². The summed E-state index contributed by atoms with van der Waals surface area (Å²) in [5.74, 6) is -0.294. The fourth-order valence-corrected chi connectivity index (χ4v) is 3.57. The number of hydrogen-bond donors (Lipinski definition) is 3. The average Bonchev–Trinajstić information content (AvgIpc) is 3.45. The number of alkyl carbamates (subject to hydrolysis) is 1. The predicted molar refractivity (Wildman–Crippen MR) is 132 cm³/mol. The quantitative estimate of drug-likeness (QED) is 0.389. The third kappa shape index (κ3) is 5.49. The van der Waals surface area contributed by atoms with Gasteiger partial charge in [0, 0.05) is 30.3 Å². The molecule has 3 aromatic heterocycles. The number of anilines is 1. The van der Waals surface area contributed by atoms with Crippen LogP contribution in [0.3, 0.4) is 0 Å². The van der Waals surface area contributed by atoms with Crippen molar-refractivity contribution in [1.82, 2.24) is 24.3 Å². The van der Waals surface area contributed by atoms with Crippen molar-refractivity contribution in [2.45, 2.75) is 45.9 Å². The van der Waals surface area contributed by atoms with Crippen LogP contribution in [-0.2, 0) is 11.3 Å². The summed E-state index contributed by atoms with van der Waals surface area (Å²) < 4.78 is 8.85. The maximum atomic E-state index is 13.0. The van der Waals surface area contributed by atoms with Crippen molar-refractivity contribution in [2.24, 2.45) is 5.73 Å². The normalized spacial score (nSPS) is 12.4. The molecule has 182 valence electrons. The van der Waals surface area contributed by atoms with E-state index in [2.05, 4.69) is 20.6 Å². The van der Waals surface area contributed by atoms with Gasteiger partial charge in [0.2, 0.25) is 0 Å². The van der Waals surface area contributed by atoms with Gasteiger partial charge in [0.25, 0.3) is 5.91 Å². The van der Waals surface area contributed by atoms with Gasteiger partial charge in [0.05, 0.1) is 24.3 Å². The molecule has 0 spiro atoms. The largest absolute Gasteiger partial charge is 0.444 e. The van der Waals surface area contributed by atoms with Gasteiger partial charge in [0.15, 0.2) is 0 Å². The van der Waals surface area contributed by atoms with Gasteiger partial charge >= 0.3 is 6.09 Å². The van der Waals surface area contributed by atoms with E-state index in [1.165, 1.54) is 6.20 Å². The fraction of sp³-hybridized carbons (Fsp3) is 0.280. The highest BCUT2D eigenvalue weighted by Gasteiger charge is 2.20. The van der Waals surface area contributed by atoms with E-state index in [0.29, 0.717) is 22.7 Å². The van der Waals surface area contributed by atoms with E-state index in [9.17, 15) is 9.59 Å². The van der Waals surface area contributed by atoms with Crippen LogP contribution in [0.2, 0.25) is 0 Å². The van der Waals surface area contributed by atoms with Crippen LogP contribution in [0.25, 0.3) is 11.3 Å². The maximum absolute atomic E-state index is 13.0. The van der Waals surface area contributed by atoms with Gasteiger partial charge in [-0.2, -0.15) is 0 Å². The Morgan fingerprint density at radius 3 is 2.71 bits per heavy atom. The number of nitrogens with one attached hydrogen (secondary N) is 2. The Kier molecular flexibility index (Phi) is 6.57. The number of imidazole rings is 2. The molecule has 0 aliphatic heterocycles. The molecule has 0 unspecified atom stereocenters. The highest BCUT2D eigenvalue weighted by Crippen LogP contribution is 2.23. The molecule has 1 atom stereocenters.